The molecule has 0 aromatic heterocycles. The summed E-state index contributed by atoms with van der Waals surface area (Å²) in [6, 6.07) is 32.5. The Bertz CT molecular complexity index is 873. The summed E-state index contributed by atoms with van der Waals surface area (Å²) in [5.74, 6) is 0. The molecule has 0 aliphatic rings. The van der Waals surface area contributed by atoms with Gasteiger partial charge in [-0.25, -0.2) is 0 Å². The van der Waals surface area contributed by atoms with E-state index < -0.39 is 0 Å². The Hall–Kier alpha value is -2.60. The van der Waals surface area contributed by atoms with Crippen LogP contribution in [-0.2, 0) is 10.8 Å². The summed E-state index contributed by atoms with van der Waals surface area (Å²) < 4.78 is 0. The second kappa shape index (κ2) is 7.96. The summed E-state index contributed by atoms with van der Waals surface area (Å²) in [5.41, 5.74) is 5.38. The van der Waals surface area contributed by atoms with Gasteiger partial charge in [0.25, 0.3) is 0 Å². The van der Waals surface area contributed by atoms with E-state index in [4.69, 9.17) is 0 Å². The summed E-state index contributed by atoms with van der Waals surface area (Å²) in [5, 5.41) is 0. The zero-order chi connectivity index (χ0) is 19.3. The first-order chi connectivity index (χ1) is 12.9. The minimum Gasteiger partial charge on any atom is -0.0706 e. The highest BCUT2D eigenvalue weighted by molar-refractivity contribution is 5.65. The molecule has 0 amide bonds. The van der Waals surface area contributed by atoms with Gasteiger partial charge in [-0.1, -0.05) is 118 Å². The van der Waals surface area contributed by atoms with Crippen molar-refractivity contribution in [3.8, 4) is 0 Å². The van der Waals surface area contributed by atoms with Crippen LogP contribution in [-0.4, -0.2) is 0 Å². The largest absolute Gasteiger partial charge is 0.0706 e. The smallest absolute Gasteiger partial charge is 0.0118 e. The van der Waals surface area contributed by atoms with E-state index in [-0.39, 0.29) is 10.8 Å². The van der Waals surface area contributed by atoms with Crippen molar-refractivity contribution in [3.05, 3.63) is 114 Å². The van der Waals surface area contributed by atoms with Crippen molar-refractivity contribution in [1.29, 1.82) is 0 Å². The highest BCUT2D eigenvalue weighted by atomic mass is 14.4. The molecular weight excluding hydrogens is 324 g/mol. The lowest BCUT2D eigenvalue weighted by atomic mass is 9.67. The van der Waals surface area contributed by atoms with Crippen molar-refractivity contribution >= 4 is 5.57 Å². The van der Waals surface area contributed by atoms with Crippen molar-refractivity contribution < 1.29 is 0 Å². The van der Waals surface area contributed by atoms with Crippen LogP contribution < -0.4 is 0 Å². The molecule has 0 saturated heterocycles. The zero-order valence-corrected chi connectivity index (χ0v) is 16.9. The highest BCUT2D eigenvalue weighted by Crippen LogP contribution is 2.41. The number of benzene rings is 3. The molecule has 3 aromatic rings. The van der Waals surface area contributed by atoms with E-state index in [0.717, 1.165) is 6.42 Å². The van der Waals surface area contributed by atoms with E-state index in [1.54, 1.807) is 0 Å². The van der Waals surface area contributed by atoms with Crippen LogP contribution in [0.1, 0.15) is 50.8 Å². The van der Waals surface area contributed by atoms with Crippen LogP contribution in [0.4, 0.5) is 0 Å². The van der Waals surface area contributed by atoms with Crippen molar-refractivity contribution in [2.75, 3.05) is 0 Å². The molecule has 0 fully saturated rings. The second-order valence-electron chi connectivity index (χ2n) is 8.40. The molecule has 1 atom stereocenters. The third kappa shape index (κ3) is 4.57. The van der Waals surface area contributed by atoms with Crippen molar-refractivity contribution in [2.45, 2.75) is 44.9 Å². The summed E-state index contributed by atoms with van der Waals surface area (Å²) in [4.78, 5) is 0. The first-order valence-corrected chi connectivity index (χ1v) is 9.77. The Morgan fingerprint density at radius 1 is 0.667 bits per heavy atom. The molecule has 3 rings (SSSR count). The number of hydrogen-bond donors (Lipinski definition) is 0. The molecule has 0 heterocycles. The molecule has 1 unspecified atom stereocenters. The van der Waals surface area contributed by atoms with Crippen LogP contribution >= 0.6 is 0 Å². The molecule has 0 aliphatic heterocycles. The van der Waals surface area contributed by atoms with Crippen LogP contribution in [0, 0.1) is 0 Å². The van der Waals surface area contributed by atoms with Crippen LogP contribution in [0.2, 0.25) is 0 Å². The van der Waals surface area contributed by atoms with Gasteiger partial charge in [0.1, 0.15) is 0 Å². The summed E-state index contributed by atoms with van der Waals surface area (Å²) in [7, 11) is 0. The lowest BCUT2D eigenvalue weighted by Gasteiger charge is -2.37. The monoisotopic (exact) mass is 354 g/mol. The maximum Gasteiger partial charge on any atom is 0.0118 e. The number of allylic oxidation sites excluding steroid dienone is 2. The molecule has 0 aliphatic carbocycles. The van der Waals surface area contributed by atoms with Gasteiger partial charge >= 0.3 is 0 Å². The zero-order valence-electron chi connectivity index (χ0n) is 16.9. The van der Waals surface area contributed by atoms with E-state index >= 15 is 0 Å². The van der Waals surface area contributed by atoms with E-state index in [0.29, 0.717) is 0 Å². The van der Waals surface area contributed by atoms with Gasteiger partial charge in [-0.2, -0.15) is 0 Å². The molecule has 0 N–H and O–H groups in total. The van der Waals surface area contributed by atoms with Gasteiger partial charge in [-0.05, 0) is 41.0 Å². The molecule has 0 radical (unpaired) electrons. The third-order valence-electron chi connectivity index (χ3n) is 5.56. The Balaban J connectivity index is 2.04. The van der Waals surface area contributed by atoms with Crippen molar-refractivity contribution in [1.82, 2.24) is 0 Å². The molecule has 138 valence electrons. The fraction of sp³-hybridized carbons (Fsp3) is 0.259. The van der Waals surface area contributed by atoms with Gasteiger partial charge < -0.3 is 0 Å². The summed E-state index contributed by atoms with van der Waals surface area (Å²) >= 11 is 0. The lowest BCUT2D eigenvalue weighted by Crippen LogP contribution is -2.31. The highest BCUT2D eigenvalue weighted by Gasteiger charge is 2.33. The van der Waals surface area contributed by atoms with E-state index in [1.807, 2.05) is 0 Å². The van der Waals surface area contributed by atoms with Gasteiger partial charge in [0.05, 0.1) is 0 Å². The van der Waals surface area contributed by atoms with Gasteiger partial charge in [0.2, 0.25) is 0 Å². The number of rotatable bonds is 6. The Morgan fingerprint density at radius 3 is 1.63 bits per heavy atom. The first kappa shape index (κ1) is 19.2. The average molecular weight is 355 g/mol. The lowest BCUT2D eigenvalue weighted by molar-refractivity contribution is 0.379. The minimum atomic E-state index is -0.0550. The van der Waals surface area contributed by atoms with Gasteiger partial charge in [0, 0.05) is 5.41 Å². The second-order valence-corrected chi connectivity index (χ2v) is 8.40. The molecule has 0 nitrogen and oxygen atoms in total. The quantitative estimate of drug-likeness (QED) is 0.432. The Labute approximate surface area is 164 Å². The standard InChI is InChI=1S/C27H30/c1-22(23-14-8-5-9-15-23)20-27(4,25-18-12-7-13-19-25)21-26(2,3)24-16-10-6-11-17-24/h5-20H,21H2,1-4H3. The van der Waals surface area contributed by atoms with Crippen LogP contribution in [0.5, 0.6) is 0 Å². The van der Waals surface area contributed by atoms with E-state index in [1.165, 1.54) is 22.3 Å². The maximum atomic E-state index is 2.46. The molecule has 3 aromatic carbocycles. The Morgan fingerprint density at radius 2 is 1.11 bits per heavy atom. The van der Waals surface area contributed by atoms with Crippen LogP contribution in [0.25, 0.3) is 5.57 Å². The Kier molecular flexibility index (Phi) is 5.65. The summed E-state index contributed by atoms with van der Waals surface area (Å²) in [6.07, 6.45) is 3.50. The van der Waals surface area contributed by atoms with Gasteiger partial charge in [-0.3, -0.25) is 0 Å². The normalized spacial score (nSPS) is 14.6. The number of hydrogen-bond acceptors (Lipinski definition) is 0. The topological polar surface area (TPSA) is 0 Å². The molecule has 0 saturated carbocycles. The molecule has 0 spiro atoms. The SMILES string of the molecule is CC(=CC(C)(CC(C)(C)c1ccccc1)c1ccccc1)c1ccccc1. The summed E-state index contributed by atoms with van der Waals surface area (Å²) in [6.45, 7) is 9.32. The predicted molar refractivity (Wildman–Crippen MR) is 118 cm³/mol. The van der Waals surface area contributed by atoms with E-state index in [9.17, 15) is 0 Å². The minimum absolute atomic E-state index is 0.0550. The average Bonchev–Trinajstić information content (AvgIpc) is 2.69. The predicted octanol–water partition coefficient (Wildman–Crippen LogP) is 7.42. The first-order valence-electron chi connectivity index (χ1n) is 9.77. The van der Waals surface area contributed by atoms with E-state index in [2.05, 4.69) is 125 Å². The molecule has 0 bridgehead atoms. The molecular formula is C27H30. The van der Waals surface area contributed by atoms with Gasteiger partial charge in [0.15, 0.2) is 0 Å². The maximum absolute atomic E-state index is 2.46. The van der Waals surface area contributed by atoms with Crippen molar-refractivity contribution in [3.63, 3.8) is 0 Å². The molecule has 0 heteroatoms. The van der Waals surface area contributed by atoms with Crippen molar-refractivity contribution in [2.24, 2.45) is 0 Å². The fourth-order valence-corrected chi connectivity index (χ4v) is 4.23. The molecule has 27 heavy (non-hydrogen) atoms. The van der Waals surface area contributed by atoms with Gasteiger partial charge in [-0.15, -0.1) is 0 Å². The van der Waals surface area contributed by atoms with Crippen LogP contribution in [0.15, 0.2) is 97.1 Å². The fourth-order valence-electron chi connectivity index (χ4n) is 4.23. The third-order valence-corrected chi connectivity index (χ3v) is 5.56. The van der Waals surface area contributed by atoms with Crippen LogP contribution in [0.3, 0.4) is 0 Å².